The van der Waals surface area contributed by atoms with E-state index < -0.39 is 5.82 Å². The Kier molecular flexibility index (Phi) is 4.51. The maximum atomic E-state index is 13.0. The lowest BCUT2D eigenvalue weighted by Gasteiger charge is -2.18. The minimum absolute atomic E-state index is 0.221. The third-order valence-electron chi connectivity index (χ3n) is 2.11. The molecule has 0 saturated heterocycles. The van der Waals surface area contributed by atoms with E-state index in [9.17, 15) is 9.18 Å². The lowest BCUT2D eigenvalue weighted by molar-refractivity contribution is 0.0783. The Morgan fingerprint density at radius 1 is 1.62 bits per heavy atom. The second-order valence-electron chi connectivity index (χ2n) is 3.15. The van der Waals surface area contributed by atoms with Crippen LogP contribution in [0, 0.1) is 18.2 Å². The van der Waals surface area contributed by atoms with E-state index in [0.29, 0.717) is 11.0 Å². The average Bonchev–Trinajstić information content (AvgIpc) is 2.28. The second-order valence-corrected chi connectivity index (χ2v) is 4.00. The van der Waals surface area contributed by atoms with E-state index >= 15 is 0 Å². The van der Waals surface area contributed by atoms with Gasteiger partial charge in [0.05, 0.1) is 12.1 Å². The van der Waals surface area contributed by atoms with Gasteiger partial charge in [-0.15, -0.1) is 6.42 Å². The van der Waals surface area contributed by atoms with Gasteiger partial charge in [0.2, 0.25) is 0 Å². The van der Waals surface area contributed by atoms with Crippen LogP contribution in [-0.4, -0.2) is 23.9 Å². The number of rotatable bonds is 3. The number of terminal acetylenes is 1. The minimum atomic E-state index is -0.441. The Morgan fingerprint density at radius 3 is 2.88 bits per heavy atom. The van der Waals surface area contributed by atoms with Gasteiger partial charge in [-0.25, -0.2) is 4.39 Å². The maximum Gasteiger partial charge on any atom is 0.255 e. The summed E-state index contributed by atoms with van der Waals surface area (Å²) in [4.78, 5) is 13.4. The number of carbonyl (C=O) groups excluding carboxylic acids is 1. The summed E-state index contributed by atoms with van der Waals surface area (Å²) in [6, 6.07) is 4.00. The fourth-order valence-corrected chi connectivity index (χ4v) is 1.69. The lowest BCUT2D eigenvalue weighted by Crippen LogP contribution is -2.31. The Hall–Kier alpha value is -1.34. The first-order valence-electron chi connectivity index (χ1n) is 4.78. The molecule has 0 aliphatic rings. The summed E-state index contributed by atoms with van der Waals surface area (Å²) < 4.78 is 13.6. The van der Waals surface area contributed by atoms with E-state index in [0.717, 1.165) is 0 Å². The zero-order valence-electron chi connectivity index (χ0n) is 8.84. The van der Waals surface area contributed by atoms with Crippen molar-refractivity contribution in [1.82, 2.24) is 4.90 Å². The van der Waals surface area contributed by atoms with Crippen LogP contribution in [0.25, 0.3) is 0 Å². The molecule has 0 aliphatic carbocycles. The summed E-state index contributed by atoms with van der Waals surface area (Å²) in [5, 5.41) is 0. The zero-order valence-corrected chi connectivity index (χ0v) is 10.4. The smallest absolute Gasteiger partial charge is 0.255 e. The molecule has 4 heteroatoms. The molecule has 0 aromatic heterocycles. The molecule has 0 atom stereocenters. The highest BCUT2D eigenvalue weighted by Gasteiger charge is 2.16. The quantitative estimate of drug-likeness (QED) is 0.781. The van der Waals surface area contributed by atoms with Crippen LogP contribution in [0.5, 0.6) is 0 Å². The Labute approximate surface area is 103 Å². The molecule has 0 bridgehead atoms. The average molecular weight is 284 g/mol. The van der Waals surface area contributed by atoms with E-state index in [1.807, 2.05) is 6.92 Å². The van der Waals surface area contributed by atoms with Gasteiger partial charge in [0.1, 0.15) is 5.82 Å². The van der Waals surface area contributed by atoms with Gasteiger partial charge in [-0.1, -0.05) is 5.92 Å². The van der Waals surface area contributed by atoms with Gasteiger partial charge < -0.3 is 4.90 Å². The fourth-order valence-electron chi connectivity index (χ4n) is 1.27. The number of hydrogen-bond donors (Lipinski definition) is 0. The van der Waals surface area contributed by atoms with Crippen LogP contribution >= 0.6 is 15.9 Å². The van der Waals surface area contributed by atoms with Gasteiger partial charge in [-0.3, -0.25) is 4.79 Å². The Balaban J connectivity index is 3.03. The van der Waals surface area contributed by atoms with Crippen molar-refractivity contribution < 1.29 is 9.18 Å². The summed E-state index contributed by atoms with van der Waals surface area (Å²) in [5.74, 6) is 1.69. The molecule has 0 fully saturated rings. The molecule has 1 rings (SSSR count). The van der Waals surface area contributed by atoms with Gasteiger partial charge >= 0.3 is 0 Å². The molecule has 1 aromatic carbocycles. The topological polar surface area (TPSA) is 20.3 Å². The summed E-state index contributed by atoms with van der Waals surface area (Å²) >= 11 is 3.21. The molecular formula is C12H11BrFNO. The Morgan fingerprint density at radius 2 is 2.31 bits per heavy atom. The Bertz CT molecular complexity index is 439. The number of nitrogens with zero attached hydrogens (tertiary/aromatic N) is 1. The van der Waals surface area contributed by atoms with Gasteiger partial charge in [-0.2, -0.15) is 0 Å². The van der Waals surface area contributed by atoms with Gasteiger partial charge in [0.25, 0.3) is 5.91 Å². The van der Waals surface area contributed by atoms with Crippen LogP contribution in [0.1, 0.15) is 17.3 Å². The zero-order chi connectivity index (χ0) is 12.1. The summed E-state index contributed by atoms with van der Waals surface area (Å²) in [5.41, 5.74) is 0.289. The molecule has 84 valence electrons. The van der Waals surface area contributed by atoms with Crippen molar-refractivity contribution in [3.63, 3.8) is 0 Å². The third kappa shape index (κ3) is 2.83. The number of hydrogen-bond acceptors (Lipinski definition) is 1. The summed E-state index contributed by atoms with van der Waals surface area (Å²) in [6.07, 6.45) is 5.16. The predicted octanol–water partition coefficient (Wildman–Crippen LogP) is 2.68. The minimum Gasteiger partial charge on any atom is -0.328 e. The van der Waals surface area contributed by atoms with Crippen molar-refractivity contribution in [2.24, 2.45) is 0 Å². The first-order chi connectivity index (χ1) is 7.60. The monoisotopic (exact) mass is 283 g/mol. The summed E-state index contributed by atoms with van der Waals surface area (Å²) in [7, 11) is 0. The molecule has 0 spiro atoms. The first kappa shape index (κ1) is 12.7. The molecule has 0 heterocycles. The van der Waals surface area contributed by atoms with Crippen molar-refractivity contribution in [3.05, 3.63) is 34.1 Å². The van der Waals surface area contributed by atoms with Crippen LogP contribution in [-0.2, 0) is 0 Å². The first-order valence-corrected chi connectivity index (χ1v) is 5.57. The number of halogens is 2. The van der Waals surface area contributed by atoms with Crippen LogP contribution in [0.4, 0.5) is 4.39 Å². The highest BCUT2D eigenvalue weighted by molar-refractivity contribution is 9.10. The van der Waals surface area contributed by atoms with Crippen LogP contribution in [0.3, 0.4) is 0 Å². The maximum absolute atomic E-state index is 13.0. The molecule has 1 aromatic rings. The van der Waals surface area contributed by atoms with Gasteiger partial charge in [-0.05, 0) is 41.1 Å². The number of carbonyl (C=O) groups is 1. The van der Waals surface area contributed by atoms with Crippen molar-refractivity contribution >= 4 is 21.8 Å². The van der Waals surface area contributed by atoms with E-state index in [4.69, 9.17) is 6.42 Å². The van der Waals surface area contributed by atoms with Crippen molar-refractivity contribution in [3.8, 4) is 12.3 Å². The molecule has 0 radical (unpaired) electrons. The molecule has 16 heavy (non-hydrogen) atoms. The van der Waals surface area contributed by atoms with Crippen molar-refractivity contribution in [1.29, 1.82) is 0 Å². The molecule has 1 amide bonds. The van der Waals surface area contributed by atoms with E-state index in [1.165, 1.54) is 23.1 Å². The normalized spacial score (nSPS) is 9.62. The van der Waals surface area contributed by atoms with Crippen LogP contribution in [0.15, 0.2) is 22.7 Å². The van der Waals surface area contributed by atoms with Crippen molar-refractivity contribution in [2.45, 2.75) is 6.92 Å². The predicted molar refractivity (Wildman–Crippen MR) is 64.5 cm³/mol. The largest absolute Gasteiger partial charge is 0.328 e. The van der Waals surface area contributed by atoms with E-state index in [1.54, 1.807) is 0 Å². The molecule has 0 aliphatic heterocycles. The lowest BCUT2D eigenvalue weighted by atomic mass is 10.2. The van der Waals surface area contributed by atoms with Crippen LogP contribution in [0.2, 0.25) is 0 Å². The SMILES string of the molecule is C#CCN(CC)C(=O)c1cc(F)ccc1Br. The van der Waals surface area contributed by atoms with Gasteiger partial charge in [0.15, 0.2) is 0 Å². The highest BCUT2D eigenvalue weighted by Crippen LogP contribution is 2.19. The third-order valence-corrected chi connectivity index (χ3v) is 2.80. The molecule has 2 nitrogen and oxygen atoms in total. The molecule has 0 unspecified atom stereocenters. The number of benzene rings is 1. The fraction of sp³-hybridized carbons (Fsp3) is 0.250. The van der Waals surface area contributed by atoms with Gasteiger partial charge in [0, 0.05) is 11.0 Å². The summed E-state index contributed by atoms with van der Waals surface area (Å²) in [6.45, 7) is 2.53. The second kappa shape index (κ2) is 5.66. The standard InChI is InChI=1S/C12H11BrFNO/c1-3-7-15(4-2)12(16)10-8-9(14)5-6-11(10)13/h1,5-6,8H,4,7H2,2H3. The van der Waals surface area contributed by atoms with E-state index in [2.05, 4.69) is 21.9 Å². The molecule has 0 saturated carbocycles. The van der Waals surface area contributed by atoms with E-state index in [-0.39, 0.29) is 18.0 Å². The number of amides is 1. The highest BCUT2D eigenvalue weighted by atomic mass is 79.9. The molecular weight excluding hydrogens is 273 g/mol. The van der Waals surface area contributed by atoms with Crippen LogP contribution < -0.4 is 0 Å². The molecule has 0 N–H and O–H groups in total. The van der Waals surface area contributed by atoms with Crippen molar-refractivity contribution in [2.75, 3.05) is 13.1 Å².